The normalized spacial score (nSPS) is 47.5. The molecule has 11 heavy (non-hydrogen) atoms. The maximum atomic E-state index is 9.75. The second-order valence-electron chi connectivity index (χ2n) is 4.38. The first-order valence-electron chi connectivity index (χ1n) is 4.45. The summed E-state index contributed by atoms with van der Waals surface area (Å²) in [7, 11) is 0. The molecule has 1 heteroatoms. The van der Waals surface area contributed by atoms with Crippen molar-refractivity contribution < 1.29 is 5.11 Å². The molecule has 0 spiro atoms. The zero-order chi connectivity index (χ0) is 8.22. The van der Waals surface area contributed by atoms with E-state index in [0.717, 1.165) is 0 Å². The fourth-order valence-electron chi connectivity index (χ4n) is 2.71. The Hall–Kier alpha value is -0.300. The molecular formula is C10H16O. The Morgan fingerprint density at radius 2 is 2.27 bits per heavy atom. The Kier molecular flexibility index (Phi) is 1.26. The second kappa shape index (κ2) is 1.89. The van der Waals surface area contributed by atoms with E-state index in [1.807, 2.05) is 6.08 Å². The van der Waals surface area contributed by atoms with Gasteiger partial charge < -0.3 is 5.11 Å². The molecule has 0 aromatic heterocycles. The number of aliphatic hydroxyl groups excluding tert-OH is 1. The predicted octanol–water partition coefficient (Wildman–Crippen LogP) is 1.97. The molecule has 1 N–H and O–H groups in total. The maximum absolute atomic E-state index is 9.75. The zero-order valence-corrected chi connectivity index (χ0v) is 7.46. The van der Waals surface area contributed by atoms with Gasteiger partial charge in [0.25, 0.3) is 0 Å². The van der Waals surface area contributed by atoms with Crippen molar-refractivity contribution in [3.05, 3.63) is 11.6 Å². The molecule has 0 bridgehead atoms. The van der Waals surface area contributed by atoms with E-state index >= 15 is 0 Å². The highest BCUT2D eigenvalue weighted by molar-refractivity contribution is 5.33. The van der Waals surface area contributed by atoms with E-state index in [2.05, 4.69) is 20.8 Å². The molecule has 0 aromatic carbocycles. The SMILES string of the molecule is CC1=C[C@@H](O)[C@]2(C(C)C)C[C@H]12. The van der Waals surface area contributed by atoms with Gasteiger partial charge in [0.1, 0.15) is 0 Å². The summed E-state index contributed by atoms with van der Waals surface area (Å²) < 4.78 is 0. The van der Waals surface area contributed by atoms with Gasteiger partial charge in [0.15, 0.2) is 0 Å². The van der Waals surface area contributed by atoms with Gasteiger partial charge in [0, 0.05) is 5.41 Å². The first-order chi connectivity index (χ1) is 5.09. The minimum atomic E-state index is -0.160. The first kappa shape index (κ1) is 7.35. The minimum Gasteiger partial charge on any atom is -0.388 e. The van der Waals surface area contributed by atoms with Crippen molar-refractivity contribution >= 4 is 0 Å². The van der Waals surface area contributed by atoms with E-state index in [1.165, 1.54) is 12.0 Å². The van der Waals surface area contributed by atoms with Crippen LogP contribution in [0, 0.1) is 17.3 Å². The summed E-state index contributed by atoms with van der Waals surface area (Å²) in [4.78, 5) is 0. The van der Waals surface area contributed by atoms with Crippen LogP contribution in [0.2, 0.25) is 0 Å². The van der Waals surface area contributed by atoms with Gasteiger partial charge in [-0.3, -0.25) is 0 Å². The fraction of sp³-hybridized carbons (Fsp3) is 0.800. The lowest BCUT2D eigenvalue weighted by Crippen LogP contribution is -2.23. The highest BCUT2D eigenvalue weighted by Gasteiger charge is 2.63. The van der Waals surface area contributed by atoms with E-state index in [0.29, 0.717) is 11.8 Å². The number of fused-ring (bicyclic) bond motifs is 1. The van der Waals surface area contributed by atoms with Gasteiger partial charge >= 0.3 is 0 Å². The molecule has 2 aliphatic rings. The largest absolute Gasteiger partial charge is 0.388 e. The van der Waals surface area contributed by atoms with Crippen LogP contribution in [0.25, 0.3) is 0 Å². The van der Waals surface area contributed by atoms with Crippen LogP contribution in [0.3, 0.4) is 0 Å². The van der Waals surface area contributed by atoms with Crippen LogP contribution in [0.1, 0.15) is 27.2 Å². The number of hydrogen-bond donors (Lipinski definition) is 1. The van der Waals surface area contributed by atoms with Crippen LogP contribution in [-0.4, -0.2) is 11.2 Å². The molecular weight excluding hydrogens is 136 g/mol. The Morgan fingerprint density at radius 1 is 1.64 bits per heavy atom. The summed E-state index contributed by atoms with van der Waals surface area (Å²) in [5, 5.41) is 9.75. The van der Waals surface area contributed by atoms with Crippen molar-refractivity contribution in [3.8, 4) is 0 Å². The molecule has 0 amide bonds. The van der Waals surface area contributed by atoms with Crippen LogP contribution in [0.4, 0.5) is 0 Å². The van der Waals surface area contributed by atoms with Crippen molar-refractivity contribution in [2.24, 2.45) is 17.3 Å². The average molecular weight is 152 g/mol. The maximum Gasteiger partial charge on any atom is 0.0788 e. The molecule has 2 aliphatic carbocycles. The molecule has 2 rings (SSSR count). The van der Waals surface area contributed by atoms with Gasteiger partial charge in [-0.15, -0.1) is 0 Å². The Morgan fingerprint density at radius 3 is 2.45 bits per heavy atom. The summed E-state index contributed by atoms with van der Waals surface area (Å²) in [6.07, 6.45) is 3.09. The molecule has 0 radical (unpaired) electrons. The Bertz CT molecular complexity index is 217. The van der Waals surface area contributed by atoms with Gasteiger partial charge in [-0.2, -0.15) is 0 Å². The van der Waals surface area contributed by atoms with E-state index in [4.69, 9.17) is 0 Å². The van der Waals surface area contributed by atoms with Gasteiger partial charge in [-0.1, -0.05) is 25.5 Å². The highest BCUT2D eigenvalue weighted by Crippen LogP contribution is 2.67. The Balaban J connectivity index is 2.26. The summed E-state index contributed by atoms with van der Waals surface area (Å²) >= 11 is 0. The molecule has 0 aromatic rings. The zero-order valence-electron chi connectivity index (χ0n) is 7.46. The molecule has 1 fully saturated rings. The van der Waals surface area contributed by atoms with Crippen LogP contribution >= 0.6 is 0 Å². The minimum absolute atomic E-state index is 0.160. The summed E-state index contributed by atoms with van der Waals surface area (Å²) in [6, 6.07) is 0. The number of allylic oxidation sites excluding steroid dienone is 1. The number of rotatable bonds is 1. The van der Waals surface area contributed by atoms with Crippen molar-refractivity contribution in [1.82, 2.24) is 0 Å². The molecule has 0 unspecified atom stereocenters. The average Bonchev–Trinajstić information content (AvgIpc) is 2.56. The summed E-state index contributed by atoms with van der Waals surface area (Å²) in [5.41, 5.74) is 1.66. The highest BCUT2D eigenvalue weighted by atomic mass is 16.3. The molecule has 3 atom stereocenters. The first-order valence-corrected chi connectivity index (χ1v) is 4.45. The van der Waals surface area contributed by atoms with Gasteiger partial charge in [-0.05, 0) is 25.2 Å². The fourth-order valence-corrected chi connectivity index (χ4v) is 2.71. The quantitative estimate of drug-likeness (QED) is 0.569. The van der Waals surface area contributed by atoms with Crippen molar-refractivity contribution in [2.75, 3.05) is 0 Å². The topological polar surface area (TPSA) is 20.2 Å². The third kappa shape index (κ3) is 0.698. The molecule has 0 heterocycles. The van der Waals surface area contributed by atoms with Crippen molar-refractivity contribution in [2.45, 2.75) is 33.3 Å². The van der Waals surface area contributed by atoms with Gasteiger partial charge in [0.05, 0.1) is 6.10 Å². The number of aliphatic hydroxyl groups is 1. The lowest BCUT2D eigenvalue weighted by atomic mass is 9.87. The predicted molar refractivity (Wildman–Crippen MR) is 45.1 cm³/mol. The standard InChI is InChI=1S/C10H16O/c1-6(2)10-5-8(10)7(3)4-9(10)11/h4,6,8-9,11H,5H2,1-3H3/t8-,9-,10+/m1/s1. The third-order valence-corrected chi connectivity index (χ3v) is 3.64. The van der Waals surface area contributed by atoms with E-state index < -0.39 is 0 Å². The molecule has 1 saturated carbocycles. The lowest BCUT2D eigenvalue weighted by molar-refractivity contribution is 0.106. The van der Waals surface area contributed by atoms with E-state index in [9.17, 15) is 5.11 Å². The monoisotopic (exact) mass is 152 g/mol. The van der Waals surface area contributed by atoms with E-state index in [-0.39, 0.29) is 11.5 Å². The summed E-state index contributed by atoms with van der Waals surface area (Å²) in [5.74, 6) is 1.33. The van der Waals surface area contributed by atoms with Crippen molar-refractivity contribution in [1.29, 1.82) is 0 Å². The molecule has 0 saturated heterocycles. The molecule has 62 valence electrons. The van der Waals surface area contributed by atoms with Gasteiger partial charge in [-0.25, -0.2) is 0 Å². The van der Waals surface area contributed by atoms with Gasteiger partial charge in [0.2, 0.25) is 0 Å². The summed E-state index contributed by atoms with van der Waals surface area (Å²) in [6.45, 7) is 6.58. The molecule has 1 nitrogen and oxygen atoms in total. The number of hydrogen-bond acceptors (Lipinski definition) is 1. The van der Waals surface area contributed by atoms with Crippen LogP contribution in [0.5, 0.6) is 0 Å². The van der Waals surface area contributed by atoms with E-state index in [1.54, 1.807) is 0 Å². The second-order valence-corrected chi connectivity index (χ2v) is 4.38. The third-order valence-electron chi connectivity index (χ3n) is 3.64. The van der Waals surface area contributed by atoms with Crippen molar-refractivity contribution in [3.63, 3.8) is 0 Å². The lowest BCUT2D eigenvalue weighted by Gasteiger charge is -2.21. The van der Waals surface area contributed by atoms with Crippen LogP contribution in [-0.2, 0) is 0 Å². The molecule has 0 aliphatic heterocycles. The van der Waals surface area contributed by atoms with Crippen LogP contribution in [0.15, 0.2) is 11.6 Å². The van der Waals surface area contributed by atoms with Crippen LogP contribution < -0.4 is 0 Å². The smallest absolute Gasteiger partial charge is 0.0788 e. The Labute approximate surface area is 68.1 Å².